The molecule has 0 aliphatic carbocycles. The summed E-state index contributed by atoms with van der Waals surface area (Å²) in [4.78, 5) is 14.6. The van der Waals surface area contributed by atoms with Crippen LogP contribution in [0, 0.1) is 0 Å². The van der Waals surface area contributed by atoms with Crippen molar-refractivity contribution in [2.75, 3.05) is 32.7 Å². The van der Waals surface area contributed by atoms with Crippen molar-refractivity contribution in [1.29, 1.82) is 0 Å². The molecule has 3 aromatic rings. The van der Waals surface area contributed by atoms with Gasteiger partial charge in [-0.2, -0.15) is 0 Å². The van der Waals surface area contributed by atoms with E-state index in [1.807, 2.05) is 18.2 Å². The zero-order valence-electron chi connectivity index (χ0n) is 21.6. The normalized spacial score (nSPS) is 16.3. The second kappa shape index (κ2) is 13.4. The van der Waals surface area contributed by atoms with Crippen LogP contribution in [0.5, 0.6) is 0 Å². The first-order valence-electron chi connectivity index (χ1n) is 13.2. The molecule has 1 unspecified atom stereocenters. The summed E-state index contributed by atoms with van der Waals surface area (Å²) in [5.74, 6) is 0.361. The lowest BCUT2D eigenvalue weighted by Crippen LogP contribution is -2.52. The van der Waals surface area contributed by atoms with Crippen LogP contribution in [0.15, 0.2) is 78.9 Å². The Hall–Kier alpha value is -2.37. The Bertz CT molecular complexity index is 1130. The highest BCUT2D eigenvalue weighted by molar-refractivity contribution is 6.42. The van der Waals surface area contributed by atoms with Gasteiger partial charge in [0, 0.05) is 26.6 Å². The van der Waals surface area contributed by atoms with Crippen LogP contribution in [-0.2, 0) is 16.8 Å². The third-order valence-corrected chi connectivity index (χ3v) is 8.22. The molecule has 1 saturated heterocycles. The molecule has 0 spiro atoms. The largest absolute Gasteiger partial charge is 0.347 e. The molecule has 2 N–H and O–H groups in total. The van der Waals surface area contributed by atoms with E-state index in [1.54, 1.807) is 6.92 Å². The molecule has 0 bridgehead atoms. The molecule has 1 amide bonds. The number of piperidine rings is 1. The number of carbonyl (C=O) groups excluding carboxylic acids is 1. The van der Waals surface area contributed by atoms with Gasteiger partial charge >= 0.3 is 0 Å². The highest BCUT2D eigenvalue weighted by Crippen LogP contribution is 2.34. The Morgan fingerprint density at radius 3 is 2.27 bits per heavy atom. The maximum absolute atomic E-state index is 12.1. The van der Waals surface area contributed by atoms with Crippen molar-refractivity contribution >= 4 is 29.1 Å². The predicted molar refractivity (Wildman–Crippen MR) is 154 cm³/mol. The Balaban J connectivity index is 1.36. The fourth-order valence-electron chi connectivity index (χ4n) is 5.38. The number of amides is 1. The molecular weight excluding hydrogens is 501 g/mol. The average molecular weight is 539 g/mol. The zero-order valence-corrected chi connectivity index (χ0v) is 23.1. The summed E-state index contributed by atoms with van der Waals surface area (Å²) in [6.07, 6.45) is 3.84. The van der Waals surface area contributed by atoms with E-state index in [0.717, 1.165) is 58.4 Å². The predicted octanol–water partition coefficient (Wildman–Crippen LogP) is 6.43. The molecule has 196 valence electrons. The van der Waals surface area contributed by atoms with Gasteiger partial charge in [-0.05, 0) is 73.5 Å². The van der Waals surface area contributed by atoms with Gasteiger partial charge in [0.25, 0.3) is 0 Å². The first kappa shape index (κ1) is 27.7. The maximum atomic E-state index is 12.1. The second-order valence-corrected chi connectivity index (χ2v) is 10.9. The molecule has 37 heavy (non-hydrogen) atoms. The highest BCUT2D eigenvalue weighted by atomic mass is 35.5. The van der Waals surface area contributed by atoms with Crippen molar-refractivity contribution in [3.63, 3.8) is 0 Å². The van der Waals surface area contributed by atoms with E-state index in [1.165, 1.54) is 16.7 Å². The lowest BCUT2D eigenvalue weighted by Gasteiger charge is -2.43. The third-order valence-electron chi connectivity index (χ3n) is 7.48. The molecule has 3 aromatic carbocycles. The van der Waals surface area contributed by atoms with Gasteiger partial charge in [-0.15, -0.1) is 0 Å². The van der Waals surface area contributed by atoms with Crippen molar-refractivity contribution in [3.8, 4) is 0 Å². The molecule has 4 nitrogen and oxygen atoms in total. The van der Waals surface area contributed by atoms with E-state index >= 15 is 0 Å². The van der Waals surface area contributed by atoms with Crippen molar-refractivity contribution < 1.29 is 4.79 Å². The minimum Gasteiger partial charge on any atom is -0.347 e. The summed E-state index contributed by atoms with van der Waals surface area (Å²) < 4.78 is 0. The Morgan fingerprint density at radius 2 is 1.62 bits per heavy atom. The zero-order chi connectivity index (χ0) is 26.1. The first-order valence-corrected chi connectivity index (χ1v) is 14.0. The number of nitrogens with one attached hydrogen (secondary N) is 2. The molecule has 1 aliphatic rings. The first-order chi connectivity index (χ1) is 17.9. The van der Waals surface area contributed by atoms with Crippen LogP contribution in [0.4, 0.5) is 0 Å². The topological polar surface area (TPSA) is 44.4 Å². The number of rotatable bonds is 11. The average Bonchev–Trinajstić information content (AvgIpc) is 2.91. The quantitative estimate of drug-likeness (QED) is 0.277. The molecule has 1 heterocycles. The fraction of sp³-hybridized carbons (Fsp3) is 0.387. The van der Waals surface area contributed by atoms with Crippen LogP contribution < -0.4 is 10.6 Å². The van der Waals surface area contributed by atoms with Gasteiger partial charge in [-0.25, -0.2) is 0 Å². The van der Waals surface area contributed by atoms with Crippen LogP contribution in [0.25, 0.3) is 0 Å². The van der Waals surface area contributed by atoms with Crippen molar-refractivity contribution in [2.45, 2.75) is 44.1 Å². The van der Waals surface area contributed by atoms with Gasteiger partial charge in [0.2, 0.25) is 5.91 Å². The van der Waals surface area contributed by atoms with E-state index in [9.17, 15) is 4.79 Å². The molecule has 1 aliphatic heterocycles. The van der Waals surface area contributed by atoms with E-state index in [2.05, 4.69) is 76.2 Å². The Kier molecular flexibility index (Phi) is 10.0. The molecule has 1 atom stereocenters. The number of carbonyl (C=O) groups is 1. The summed E-state index contributed by atoms with van der Waals surface area (Å²) in [7, 11) is 0. The number of benzene rings is 3. The smallest absolute Gasteiger partial charge is 0.217 e. The van der Waals surface area contributed by atoms with Crippen molar-refractivity contribution in [1.82, 2.24) is 15.5 Å². The summed E-state index contributed by atoms with van der Waals surface area (Å²) in [6, 6.07) is 27.0. The molecule has 0 aromatic heterocycles. The van der Waals surface area contributed by atoms with E-state index < -0.39 is 0 Å². The van der Waals surface area contributed by atoms with E-state index in [0.29, 0.717) is 16.0 Å². The van der Waals surface area contributed by atoms with E-state index in [-0.39, 0.29) is 11.4 Å². The lowest BCUT2D eigenvalue weighted by atomic mass is 9.80. The maximum Gasteiger partial charge on any atom is 0.217 e. The molecular formula is C31H37Cl2N3O. The number of nitrogens with zero attached hydrogens (tertiary/aromatic N) is 1. The fourth-order valence-corrected chi connectivity index (χ4v) is 5.69. The number of halogens is 2. The van der Waals surface area contributed by atoms with Gasteiger partial charge < -0.3 is 15.5 Å². The third kappa shape index (κ3) is 7.81. The van der Waals surface area contributed by atoms with Crippen LogP contribution in [0.1, 0.15) is 48.8 Å². The van der Waals surface area contributed by atoms with Crippen molar-refractivity contribution in [2.24, 2.45) is 0 Å². The van der Waals surface area contributed by atoms with Crippen LogP contribution in [0.2, 0.25) is 10.0 Å². The van der Waals surface area contributed by atoms with Gasteiger partial charge in [-0.1, -0.05) is 89.9 Å². The summed E-state index contributed by atoms with van der Waals surface area (Å²) >= 11 is 12.6. The molecule has 0 radical (unpaired) electrons. The van der Waals surface area contributed by atoms with Crippen LogP contribution in [-0.4, -0.2) is 43.5 Å². The molecule has 1 fully saturated rings. The SMILES string of the molecule is CC(=O)NC1(c2ccccc2)CCN(CCC(CNCCc2ccccc2)c2ccc(Cl)c(Cl)c2)CC1. The monoisotopic (exact) mass is 537 g/mol. The van der Waals surface area contributed by atoms with Crippen molar-refractivity contribution in [3.05, 3.63) is 106 Å². The molecule has 6 heteroatoms. The Labute approximate surface area is 231 Å². The number of hydrogen-bond donors (Lipinski definition) is 2. The minimum absolute atomic E-state index is 0.0264. The van der Waals surface area contributed by atoms with Gasteiger partial charge in [0.05, 0.1) is 15.6 Å². The lowest BCUT2D eigenvalue weighted by molar-refractivity contribution is -0.121. The summed E-state index contributed by atoms with van der Waals surface area (Å²) in [6.45, 7) is 6.33. The van der Waals surface area contributed by atoms with Crippen LogP contribution in [0.3, 0.4) is 0 Å². The molecule has 4 rings (SSSR count). The number of hydrogen-bond acceptors (Lipinski definition) is 3. The molecule has 0 saturated carbocycles. The number of likely N-dealkylation sites (tertiary alicyclic amines) is 1. The van der Waals surface area contributed by atoms with Gasteiger partial charge in [0.1, 0.15) is 0 Å². The minimum atomic E-state index is -0.286. The standard InChI is InChI=1S/C31H37Cl2N3O/c1-24(37)35-31(28-10-6-3-7-11-28)16-20-36(21-17-31)19-15-27(26-12-13-29(32)30(33)22-26)23-34-18-14-25-8-4-2-5-9-25/h2-13,22,27,34H,14-21,23H2,1H3,(H,35,37). The second-order valence-electron chi connectivity index (χ2n) is 10.1. The summed E-state index contributed by atoms with van der Waals surface area (Å²) in [5.41, 5.74) is 3.47. The Morgan fingerprint density at radius 1 is 0.946 bits per heavy atom. The van der Waals surface area contributed by atoms with Gasteiger partial charge in [0.15, 0.2) is 0 Å². The van der Waals surface area contributed by atoms with E-state index in [4.69, 9.17) is 23.2 Å². The highest BCUT2D eigenvalue weighted by Gasteiger charge is 2.36. The summed E-state index contributed by atoms with van der Waals surface area (Å²) in [5, 5.41) is 8.14. The van der Waals surface area contributed by atoms with Crippen LogP contribution >= 0.6 is 23.2 Å². The van der Waals surface area contributed by atoms with Gasteiger partial charge in [-0.3, -0.25) is 4.79 Å².